The summed E-state index contributed by atoms with van der Waals surface area (Å²) in [7, 11) is 1.87. The van der Waals surface area contributed by atoms with Gasteiger partial charge in [-0.15, -0.1) is 0 Å². The van der Waals surface area contributed by atoms with Crippen LogP contribution in [0.25, 0.3) is 0 Å². The summed E-state index contributed by atoms with van der Waals surface area (Å²) >= 11 is 0. The van der Waals surface area contributed by atoms with Crippen molar-refractivity contribution >= 4 is 5.84 Å². The molecule has 0 bridgehead atoms. The second-order valence-electron chi connectivity index (χ2n) is 3.44. The zero-order valence-corrected chi connectivity index (χ0v) is 8.59. The van der Waals surface area contributed by atoms with Crippen LogP contribution in [0.5, 0.6) is 0 Å². The normalized spacial score (nSPS) is 40.7. The highest BCUT2D eigenvalue weighted by atomic mass is 15.0. The summed E-state index contributed by atoms with van der Waals surface area (Å²) < 4.78 is 0. The molecule has 3 unspecified atom stereocenters. The third-order valence-electron chi connectivity index (χ3n) is 3.00. The Morgan fingerprint density at radius 3 is 2.50 bits per heavy atom. The van der Waals surface area contributed by atoms with E-state index in [0.717, 1.165) is 17.8 Å². The molecule has 1 saturated carbocycles. The second-order valence-corrected chi connectivity index (χ2v) is 3.44. The lowest BCUT2D eigenvalue weighted by molar-refractivity contribution is 0.634. The van der Waals surface area contributed by atoms with Gasteiger partial charge < -0.3 is 5.32 Å². The lowest BCUT2D eigenvalue weighted by Gasteiger charge is -2.13. The third kappa shape index (κ3) is 1.62. The van der Waals surface area contributed by atoms with Gasteiger partial charge in [0.05, 0.1) is 5.84 Å². The Kier molecular flexibility index (Phi) is 3.12. The molecule has 0 amide bonds. The van der Waals surface area contributed by atoms with Gasteiger partial charge in [0.15, 0.2) is 0 Å². The zero-order chi connectivity index (χ0) is 9.14. The predicted octanol–water partition coefficient (Wildman–Crippen LogP) is 1.92. The van der Waals surface area contributed by atoms with Crippen molar-refractivity contribution in [2.45, 2.75) is 27.2 Å². The van der Waals surface area contributed by atoms with Crippen molar-refractivity contribution < 1.29 is 0 Å². The number of amidine groups is 1. The van der Waals surface area contributed by atoms with E-state index < -0.39 is 0 Å². The molecule has 12 heavy (non-hydrogen) atoms. The van der Waals surface area contributed by atoms with Gasteiger partial charge in [-0.3, -0.25) is 4.99 Å². The molecule has 0 aromatic heterocycles. The molecule has 2 rings (SSSR count). The first kappa shape index (κ1) is 9.56. The highest BCUT2D eigenvalue weighted by Gasteiger charge is 2.48. The summed E-state index contributed by atoms with van der Waals surface area (Å²) in [5.41, 5.74) is 0. The van der Waals surface area contributed by atoms with Crippen molar-refractivity contribution in [3.8, 4) is 0 Å². The largest absolute Gasteiger partial charge is 0.374 e. The van der Waals surface area contributed by atoms with E-state index in [-0.39, 0.29) is 0 Å². The molecule has 2 aliphatic rings. The van der Waals surface area contributed by atoms with Crippen molar-refractivity contribution in [3.05, 3.63) is 0 Å². The molecule has 0 aromatic rings. The quantitative estimate of drug-likeness (QED) is 0.587. The van der Waals surface area contributed by atoms with E-state index in [0.29, 0.717) is 0 Å². The van der Waals surface area contributed by atoms with Crippen LogP contribution in [0.4, 0.5) is 0 Å². The van der Waals surface area contributed by atoms with Gasteiger partial charge in [-0.25, -0.2) is 0 Å². The van der Waals surface area contributed by atoms with Crippen LogP contribution in [0, 0.1) is 17.8 Å². The molecule has 3 atom stereocenters. The highest BCUT2D eigenvalue weighted by Crippen LogP contribution is 2.49. The van der Waals surface area contributed by atoms with Gasteiger partial charge in [-0.05, 0) is 17.8 Å². The first-order valence-electron chi connectivity index (χ1n) is 5.02. The molecule has 1 aliphatic heterocycles. The summed E-state index contributed by atoms with van der Waals surface area (Å²) in [6, 6.07) is 0. The van der Waals surface area contributed by atoms with Gasteiger partial charge in [0.2, 0.25) is 0 Å². The molecular weight excluding hydrogens is 148 g/mol. The van der Waals surface area contributed by atoms with Crippen LogP contribution < -0.4 is 5.32 Å². The van der Waals surface area contributed by atoms with Crippen molar-refractivity contribution in [1.82, 2.24) is 5.32 Å². The van der Waals surface area contributed by atoms with E-state index in [1.165, 1.54) is 18.8 Å². The lowest BCUT2D eigenvalue weighted by Crippen LogP contribution is -2.30. The van der Waals surface area contributed by atoms with Crippen LogP contribution in [0.1, 0.15) is 27.2 Å². The van der Waals surface area contributed by atoms with Crippen LogP contribution in [0.2, 0.25) is 0 Å². The minimum Gasteiger partial charge on any atom is -0.374 e. The Morgan fingerprint density at radius 2 is 2.00 bits per heavy atom. The number of fused-ring (bicyclic) bond motifs is 1. The van der Waals surface area contributed by atoms with Crippen molar-refractivity contribution in [1.29, 1.82) is 0 Å². The van der Waals surface area contributed by atoms with Crippen molar-refractivity contribution in [2.75, 3.05) is 13.6 Å². The molecule has 0 radical (unpaired) electrons. The molecule has 1 N–H and O–H groups in total. The summed E-state index contributed by atoms with van der Waals surface area (Å²) in [5.74, 6) is 4.09. The third-order valence-corrected chi connectivity index (χ3v) is 3.00. The highest BCUT2D eigenvalue weighted by molar-refractivity contribution is 5.83. The summed E-state index contributed by atoms with van der Waals surface area (Å²) in [5, 5.41) is 3.34. The van der Waals surface area contributed by atoms with Crippen LogP contribution in [-0.4, -0.2) is 19.4 Å². The van der Waals surface area contributed by atoms with E-state index >= 15 is 0 Å². The number of hydrogen-bond donors (Lipinski definition) is 1. The van der Waals surface area contributed by atoms with Crippen molar-refractivity contribution in [2.24, 2.45) is 22.7 Å². The standard InChI is InChI=1S/C8H14N2.C2H6/c1-5-6-3-8(9-2)10-4-7(5)6;1-2/h5-7H,3-4H2,1-2H3,(H,9,10);1-2H3. The Morgan fingerprint density at radius 1 is 1.33 bits per heavy atom. The Hall–Kier alpha value is -0.530. The van der Waals surface area contributed by atoms with Gasteiger partial charge in [-0.1, -0.05) is 20.8 Å². The topological polar surface area (TPSA) is 24.4 Å². The van der Waals surface area contributed by atoms with Gasteiger partial charge >= 0.3 is 0 Å². The van der Waals surface area contributed by atoms with Crippen LogP contribution in [-0.2, 0) is 0 Å². The van der Waals surface area contributed by atoms with Crippen LogP contribution in [0.15, 0.2) is 4.99 Å². The summed E-state index contributed by atoms with van der Waals surface area (Å²) in [6.45, 7) is 7.51. The van der Waals surface area contributed by atoms with Gasteiger partial charge in [0, 0.05) is 20.0 Å². The average molecular weight is 168 g/mol. The fourth-order valence-electron chi connectivity index (χ4n) is 2.01. The molecule has 1 saturated heterocycles. The average Bonchev–Trinajstić information content (AvgIpc) is 2.80. The minimum atomic E-state index is 0.951. The smallest absolute Gasteiger partial charge is 0.0962 e. The molecule has 70 valence electrons. The molecule has 2 heteroatoms. The molecule has 0 aromatic carbocycles. The molecular formula is C10H20N2. The van der Waals surface area contributed by atoms with Gasteiger partial charge in [0.25, 0.3) is 0 Å². The summed E-state index contributed by atoms with van der Waals surface area (Å²) in [4.78, 5) is 4.16. The zero-order valence-electron chi connectivity index (χ0n) is 8.59. The summed E-state index contributed by atoms with van der Waals surface area (Å²) in [6.07, 6.45) is 1.20. The molecule has 2 nitrogen and oxygen atoms in total. The Balaban J connectivity index is 0.000000336. The number of nitrogens with zero attached hydrogens (tertiary/aromatic N) is 1. The van der Waals surface area contributed by atoms with Crippen LogP contribution in [0.3, 0.4) is 0 Å². The van der Waals surface area contributed by atoms with Crippen molar-refractivity contribution in [3.63, 3.8) is 0 Å². The van der Waals surface area contributed by atoms with E-state index in [2.05, 4.69) is 17.2 Å². The van der Waals surface area contributed by atoms with Gasteiger partial charge in [0.1, 0.15) is 0 Å². The SMILES string of the molecule is CC.CN=C1CC2C(C)C2CN1. The fraction of sp³-hybridized carbons (Fsp3) is 0.900. The first-order chi connectivity index (χ1) is 5.83. The maximum Gasteiger partial charge on any atom is 0.0962 e. The first-order valence-corrected chi connectivity index (χ1v) is 5.02. The monoisotopic (exact) mass is 168 g/mol. The fourth-order valence-corrected chi connectivity index (χ4v) is 2.01. The number of piperidine rings is 1. The Labute approximate surface area is 75.5 Å². The predicted molar refractivity (Wildman–Crippen MR) is 53.5 cm³/mol. The number of aliphatic imine (C=N–C) groups is 1. The van der Waals surface area contributed by atoms with Gasteiger partial charge in [-0.2, -0.15) is 0 Å². The van der Waals surface area contributed by atoms with E-state index in [9.17, 15) is 0 Å². The Bertz CT molecular complexity index is 175. The lowest BCUT2D eigenvalue weighted by atomic mass is 10.1. The van der Waals surface area contributed by atoms with E-state index in [1.54, 1.807) is 0 Å². The molecule has 1 aliphatic carbocycles. The van der Waals surface area contributed by atoms with E-state index in [1.807, 2.05) is 20.9 Å². The number of nitrogens with one attached hydrogen (secondary N) is 1. The van der Waals surface area contributed by atoms with E-state index in [4.69, 9.17) is 0 Å². The number of rotatable bonds is 0. The maximum absolute atomic E-state index is 4.16. The van der Waals surface area contributed by atoms with Crippen LogP contribution >= 0.6 is 0 Å². The second kappa shape index (κ2) is 3.92. The number of hydrogen-bond acceptors (Lipinski definition) is 1. The molecule has 2 fully saturated rings. The maximum atomic E-state index is 4.16. The minimum absolute atomic E-state index is 0.951. The molecule has 1 heterocycles. The molecule has 0 spiro atoms.